The van der Waals surface area contributed by atoms with Crippen LogP contribution in [0.5, 0.6) is 5.75 Å². The minimum atomic E-state index is -0.438. The van der Waals surface area contributed by atoms with Crippen LogP contribution in [0.2, 0.25) is 0 Å². The van der Waals surface area contributed by atoms with Crippen LogP contribution < -0.4 is 4.74 Å². The molecule has 19 heavy (non-hydrogen) atoms. The number of hydrogen-bond acceptors (Lipinski definition) is 3. The van der Waals surface area contributed by atoms with Gasteiger partial charge in [0.1, 0.15) is 11.6 Å². The Balaban J connectivity index is 2.08. The van der Waals surface area contributed by atoms with Gasteiger partial charge in [-0.25, -0.2) is 4.39 Å². The van der Waals surface area contributed by atoms with E-state index in [0.717, 1.165) is 17.5 Å². The van der Waals surface area contributed by atoms with Gasteiger partial charge < -0.3 is 9.84 Å². The number of fused-ring (bicyclic) bond motifs is 1. The average molecular weight is 259 g/mol. The second-order valence-electron chi connectivity index (χ2n) is 4.67. The zero-order chi connectivity index (χ0) is 13.4. The first-order valence-electron chi connectivity index (χ1n) is 6.20. The minimum absolute atomic E-state index is 0.327. The molecular formula is C15H14FNO2. The van der Waals surface area contributed by atoms with E-state index in [2.05, 4.69) is 4.98 Å². The Hall–Kier alpha value is -1.94. The molecule has 0 saturated heterocycles. The van der Waals surface area contributed by atoms with E-state index in [-0.39, 0.29) is 5.82 Å². The fraction of sp³-hybridized carbons (Fsp3) is 0.267. The summed E-state index contributed by atoms with van der Waals surface area (Å²) < 4.78 is 19.0. The van der Waals surface area contributed by atoms with Gasteiger partial charge in [-0.3, -0.25) is 4.98 Å². The van der Waals surface area contributed by atoms with Crippen molar-refractivity contribution in [2.24, 2.45) is 0 Å². The van der Waals surface area contributed by atoms with Crippen LogP contribution in [0, 0.1) is 5.82 Å². The van der Waals surface area contributed by atoms with E-state index in [1.807, 2.05) is 6.07 Å². The molecule has 0 fully saturated rings. The molecule has 0 aliphatic heterocycles. The number of nitrogens with zero attached hydrogens (tertiary/aromatic N) is 1. The molecule has 1 aliphatic carbocycles. The molecule has 1 aromatic carbocycles. The Morgan fingerprint density at radius 1 is 1.37 bits per heavy atom. The molecule has 1 atom stereocenters. The maximum Gasteiger partial charge on any atom is 0.132 e. The van der Waals surface area contributed by atoms with Gasteiger partial charge in [0.25, 0.3) is 0 Å². The summed E-state index contributed by atoms with van der Waals surface area (Å²) in [5.74, 6) is 0.269. The third-order valence-electron chi connectivity index (χ3n) is 3.52. The molecule has 1 aliphatic rings. The van der Waals surface area contributed by atoms with E-state index < -0.39 is 6.10 Å². The molecule has 2 aromatic rings. The zero-order valence-corrected chi connectivity index (χ0v) is 10.6. The highest BCUT2D eigenvalue weighted by Crippen LogP contribution is 2.34. The van der Waals surface area contributed by atoms with Crippen molar-refractivity contribution in [3.8, 4) is 17.0 Å². The number of hydrogen-bond donors (Lipinski definition) is 1. The summed E-state index contributed by atoms with van der Waals surface area (Å²) in [7, 11) is 1.55. The smallest absolute Gasteiger partial charge is 0.132 e. The maximum atomic E-state index is 13.9. The van der Waals surface area contributed by atoms with Gasteiger partial charge in [0.2, 0.25) is 0 Å². The van der Waals surface area contributed by atoms with Gasteiger partial charge in [-0.15, -0.1) is 0 Å². The summed E-state index contributed by atoms with van der Waals surface area (Å²) in [4.78, 5) is 4.25. The predicted molar refractivity (Wildman–Crippen MR) is 69.5 cm³/mol. The van der Waals surface area contributed by atoms with Crippen LogP contribution in [-0.4, -0.2) is 17.2 Å². The Bertz CT molecular complexity index is 628. The van der Waals surface area contributed by atoms with Crippen molar-refractivity contribution in [1.29, 1.82) is 0 Å². The largest absolute Gasteiger partial charge is 0.497 e. The molecule has 0 amide bonds. The first-order valence-corrected chi connectivity index (χ1v) is 6.20. The lowest BCUT2D eigenvalue weighted by Crippen LogP contribution is -1.95. The molecule has 1 N–H and O–H groups in total. The number of aliphatic hydroxyl groups excluding tert-OH is 1. The number of halogens is 1. The number of methoxy groups -OCH3 is 1. The number of aliphatic hydroxyl groups is 1. The monoisotopic (exact) mass is 259 g/mol. The molecule has 0 radical (unpaired) electrons. The van der Waals surface area contributed by atoms with Gasteiger partial charge in [-0.05, 0) is 42.7 Å². The third-order valence-corrected chi connectivity index (χ3v) is 3.52. The molecule has 98 valence electrons. The standard InChI is InChI=1S/C15H14FNO2/c1-19-10-3-4-13(16)11(7-10)14-6-9-2-5-15(18)12(9)8-17-14/h3-4,6-8,15,18H,2,5H2,1H3/t15-/m0/s1. The first kappa shape index (κ1) is 12.1. The van der Waals surface area contributed by atoms with E-state index in [9.17, 15) is 9.50 Å². The summed E-state index contributed by atoms with van der Waals surface area (Å²) in [5.41, 5.74) is 2.89. The topological polar surface area (TPSA) is 42.4 Å². The van der Waals surface area contributed by atoms with Crippen LogP contribution >= 0.6 is 0 Å². The summed E-state index contributed by atoms with van der Waals surface area (Å²) in [6, 6.07) is 6.44. The summed E-state index contributed by atoms with van der Waals surface area (Å²) in [5, 5.41) is 9.75. The Kier molecular flexibility index (Phi) is 2.95. The van der Waals surface area contributed by atoms with Crippen LogP contribution in [0.25, 0.3) is 11.3 Å². The van der Waals surface area contributed by atoms with E-state index >= 15 is 0 Å². The van der Waals surface area contributed by atoms with E-state index in [1.54, 1.807) is 25.4 Å². The van der Waals surface area contributed by atoms with Crippen molar-refractivity contribution < 1.29 is 14.2 Å². The molecular weight excluding hydrogens is 245 g/mol. The summed E-state index contributed by atoms with van der Waals surface area (Å²) in [6.45, 7) is 0. The molecule has 0 unspecified atom stereocenters. The molecule has 1 aromatic heterocycles. The van der Waals surface area contributed by atoms with Crippen LogP contribution in [0.15, 0.2) is 30.5 Å². The highest BCUT2D eigenvalue weighted by atomic mass is 19.1. The molecule has 0 saturated carbocycles. The lowest BCUT2D eigenvalue weighted by atomic mass is 10.1. The van der Waals surface area contributed by atoms with Crippen LogP contribution in [0.4, 0.5) is 4.39 Å². The Morgan fingerprint density at radius 3 is 3.00 bits per heavy atom. The second-order valence-corrected chi connectivity index (χ2v) is 4.67. The number of aryl methyl sites for hydroxylation is 1. The molecule has 4 heteroatoms. The molecule has 0 spiro atoms. The average Bonchev–Trinajstić information content (AvgIpc) is 2.80. The second kappa shape index (κ2) is 4.63. The maximum absolute atomic E-state index is 13.9. The summed E-state index contributed by atoms with van der Waals surface area (Å²) in [6.07, 6.45) is 2.71. The van der Waals surface area contributed by atoms with E-state index in [4.69, 9.17) is 4.74 Å². The molecule has 1 heterocycles. The highest BCUT2D eigenvalue weighted by molar-refractivity contribution is 5.63. The molecule has 0 bridgehead atoms. The fourth-order valence-electron chi connectivity index (χ4n) is 2.45. The quantitative estimate of drug-likeness (QED) is 0.901. The number of ether oxygens (including phenoxy) is 1. The number of pyridine rings is 1. The van der Waals surface area contributed by atoms with Crippen molar-refractivity contribution in [3.05, 3.63) is 47.4 Å². The SMILES string of the molecule is COc1ccc(F)c(-c2cc3c(cn2)[C@@H](O)CC3)c1. The van der Waals surface area contributed by atoms with Crippen molar-refractivity contribution >= 4 is 0 Å². The number of aromatic nitrogens is 1. The Morgan fingerprint density at radius 2 is 2.21 bits per heavy atom. The van der Waals surface area contributed by atoms with Gasteiger partial charge in [0.15, 0.2) is 0 Å². The number of benzene rings is 1. The number of rotatable bonds is 2. The fourth-order valence-corrected chi connectivity index (χ4v) is 2.45. The van der Waals surface area contributed by atoms with Crippen LogP contribution in [0.1, 0.15) is 23.7 Å². The first-order chi connectivity index (χ1) is 9.19. The van der Waals surface area contributed by atoms with E-state index in [0.29, 0.717) is 23.4 Å². The van der Waals surface area contributed by atoms with Crippen molar-refractivity contribution in [1.82, 2.24) is 4.98 Å². The van der Waals surface area contributed by atoms with Gasteiger partial charge in [-0.1, -0.05) is 0 Å². The third kappa shape index (κ3) is 2.08. The van der Waals surface area contributed by atoms with Crippen molar-refractivity contribution in [3.63, 3.8) is 0 Å². The molecule has 3 rings (SSSR count). The zero-order valence-electron chi connectivity index (χ0n) is 10.6. The van der Waals surface area contributed by atoms with Gasteiger partial charge in [0.05, 0.1) is 18.9 Å². The van der Waals surface area contributed by atoms with Crippen molar-refractivity contribution in [2.45, 2.75) is 18.9 Å². The lowest BCUT2D eigenvalue weighted by molar-refractivity contribution is 0.179. The Labute approximate surface area is 110 Å². The van der Waals surface area contributed by atoms with Gasteiger partial charge >= 0.3 is 0 Å². The van der Waals surface area contributed by atoms with Crippen molar-refractivity contribution in [2.75, 3.05) is 7.11 Å². The highest BCUT2D eigenvalue weighted by Gasteiger charge is 2.21. The molecule has 3 nitrogen and oxygen atoms in total. The summed E-state index contributed by atoms with van der Waals surface area (Å²) >= 11 is 0. The van der Waals surface area contributed by atoms with Gasteiger partial charge in [0, 0.05) is 17.3 Å². The van der Waals surface area contributed by atoms with Gasteiger partial charge in [-0.2, -0.15) is 0 Å². The van der Waals surface area contributed by atoms with Crippen LogP contribution in [0.3, 0.4) is 0 Å². The van der Waals surface area contributed by atoms with E-state index in [1.165, 1.54) is 6.07 Å². The normalized spacial score (nSPS) is 17.3. The predicted octanol–water partition coefficient (Wildman–Crippen LogP) is 2.88. The lowest BCUT2D eigenvalue weighted by Gasteiger charge is -2.08. The minimum Gasteiger partial charge on any atom is -0.497 e. The van der Waals surface area contributed by atoms with Crippen LogP contribution in [-0.2, 0) is 6.42 Å².